The van der Waals surface area contributed by atoms with Crippen molar-refractivity contribution in [3.63, 3.8) is 0 Å². The maximum atomic E-state index is 12.1. The molecule has 55 heavy (non-hydrogen) atoms. The summed E-state index contributed by atoms with van der Waals surface area (Å²) >= 11 is 0. The Morgan fingerprint density at radius 2 is 1.16 bits per heavy atom. The van der Waals surface area contributed by atoms with Gasteiger partial charge in [-0.05, 0) is 88.7 Å². The highest BCUT2D eigenvalue weighted by Crippen LogP contribution is 2.44. The molecule has 0 unspecified atom stereocenters. The van der Waals surface area contributed by atoms with Gasteiger partial charge in [-0.2, -0.15) is 0 Å². The summed E-state index contributed by atoms with van der Waals surface area (Å²) in [6, 6.07) is 54.5. The first-order valence-electron chi connectivity index (χ1n) is 18.9. The minimum Gasteiger partial charge on any atom is -0.507 e. The van der Waals surface area contributed by atoms with E-state index in [0.29, 0.717) is 5.82 Å². The van der Waals surface area contributed by atoms with Crippen LogP contribution in [-0.2, 0) is 10.8 Å². The Morgan fingerprint density at radius 3 is 1.80 bits per heavy atom. The van der Waals surface area contributed by atoms with Crippen LogP contribution in [0.5, 0.6) is 5.75 Å². The molecule has 0 radical (unpaired) electrons. The molecule has 6 aromatic carbocycles. The zero-order chi connectivity index (χ0) is 38.3. The third-order valence-electron chi connectivity index (χ3n) is 10.2. The van der Waals surface area contributed by atoms with Gasteiger partial charge in [-0.25, -0.2) is 4.98 Å². The first-order chi connectivity index (χ1) is 26.5. The molecule has 2 heterocycles. The van der Waals surface area contributed by atoms with E-state index in [1.54, 1.807) is 0 Å². The lowest BCUT2D eigenvalue weighted by Crippen LogP contribution is -2.17. The van der Waals surface area contributed by atoms with Crippen LogP contribution in [0.3, 0.4) is 0 Å². The first-order valence-corrected chi connectivity index (χ1v) is 18.9. The van der Waals surface area contributed by atoms with E-state index in [-0.39, 0.29) is 16.6 Å². The molecule has 0 aliphatic carbocycles. The van der Waals surface area contributed by atoms with Crippen molar-refractivity contribution < 1.29 is 5.11 Å². The van der Waals surface area contributed by atoms with Crippen molar-refractivity contribution in [1.29, 1.82) is 0 Å². The van der Waals surface area contributed by atoms with Gasteiger partial charge in [0, 0.05) is 45.6 Å². The molecule has 0 bridgehead atoms. The highest BCUT2D eigenvalue weighted by Gasteiger charge is 2.28. The predicted molar refractivity (Wildman–Crippen MR) is 229 cm³/mol. The number of anilines is 3. The maximum absolute atomic E-state index is 12.1. The van der Waals surface area contributed by atoms with Crippen LogP contribution in [-0.4, -0.2) is 19.6 Å². The lowest BCUT2D eigenvalue weighted by Gasteiger charge is -2.27. The predicted octanol–water partition coefficient (Wildman–Crippen LogP) is 13.2. The molecule has 0 saturated heterocycles. The molecule has 0 aliphatic rings. The van der Waals surface area contributed by atoms with E-state index in [4.69, 9.17) is 9.97 Å². The van der Waals surface area contributed by atoms with Crippen LogP contribution in [0.25, 0.3) is 50.5 Å². The SMILES string of the molecule is CC(C)(C)c1cc(-c2nc3c(-c4cccc(-c5cc(N(c6ccccc6)c6ccccc6)ccn5)c4)cccc3n2-c2ccccc2)c(O)c(C(C)(C)C)c1. The number of fused-ring (bicyclic) bond motifs is 1. The molecule has 0 saturated carbocycles. The van der Waals surface area contributed by atoms with Crippen LogP contribution in [0.1, 0.15) is 52.7 Å². The van der Waals surface area contributed by atoms with Crippen LogP contribution in [0.2, 0.25) is 0 Å². The van der Waals surface area contributed by atoms with E-state index < -0.39 is 0 Å². The third-order valence-corrected chi connectivity index (χ3v) is 10.2. The molecule has 2 aromatic heterocycles. The lowest BCUT2D eigenvalue weighted by molar-refractivity contribution is 0.446. The number of rotatable bonds is 7. The number of aromatic nitrogens is 3. The molecule has 8 rings (SSSR count). The van der Waals surface area contributed by atoms with E-state index in [1.165, 1.54) is 0 Å². The maximum Gasteiger partial charge on any atom is 0.149 e. The number of aromatic hydroxyl groups is 1. The van der Waals surface area contributed by atoms with E-state index in [9.17, 15) is 5.11 Å². The van der Waals surface area contributed by atoms with Crippen molar-refractivity contribution in [3.05, 3.63) is 175 Å². The Kier molecular flexibility index (Phi) is 9.10. The molecule has 0 aliphatic heterocycles. The summed E-state index contributed by atoms with van der Waals surface area (Å²) in [5.41, 5.74) is 12.2. The topological polar surface area (TPSA) is 54.2 Å². The Balaban J connectivity index is 1.29. The van der Waals surface area contributed by atoms with Crippen molar-refractivity contribution >= 4 is 28.1 Å². The van der Waals surface area contributed by atoms with Crippen LogP contribution in [0.15, 0.2) is 164 Å². The molecule has 5 nitrogen and oxygen atoms in total. The smallest absolute Gasteiger partial charge is 0.149 e. The number of hydrogen-bond acceptors (Lipinski definition) is 4. The summed E-state index contributed by atoms with van der Waals surface area (Å²) < 4.78 is 2.18. The lowest BCUT2D eigenvalue weighted by atomic mass is 9.79. The van der Waals surface area contributed by atoms with Crippen LogP contribution >= 0.6 is 0 Å². The van der Waals surface area contributed by atoms with Gasteiger partial charge in [0.05, 0.1) is 22.3 Å². The number of benzene rings is 6. The summed E-state index contributed by atoms with van der Waals surface area (Å²) in [5.74, 6) is 0.970. The number of phenolic OH excluding ortho intramolecular Hbond substituents is 1. The number of hydrogen-bond donors (Lipinski definition) is 1. The Bertz CT molecular complexity index is 2580. The summed E-state index contributed by atoms with van der Waals surface area (Å²) in [5, 5.41) is 12.1. The molecule has 5 heteroatoms. The van der Waals surface area contributed by atoms with E-state index in [0.717, 1.165) is 72.9 Å². The fourth-order valence-corrected chi connectivity index (χ4v) is 7.32. The van der Waals surface area contributed by atoms with E-state index >= 15 is 0 Å². The van der Waals surface area contributed by atoms with Gasteiger partial charge < -0.3 is 10.0 Å². The molecular weight excluding hydrogens is 673 g/mol. The molecule has 8 aromatic rings. The average molecular weight is 719 g/mol. The summed E-state index contributed by atoms with van der Waals surface area (Å²) in [7, 11) is 0. The molecular formula is C50H46N4O. The molecule has 0 fully saturated rings. The second kappa shape index (κ2) is 14.1. The van der Waals surface area contributed by atoms with Gasteiger partial charge in [-0.15, -0.1) is 0 Å². The molecule has 0 atom stereocenters. The summed E-state index contributed by atoms with van der Waals surface area (Å²) in [6.07, 6.45) is 1.88. The largest absolute Gasteiger partial charge is 0.507 e. The van der Waals surface area contributed by atoms with Gasteiger partial charge in [0.25, 0.3) is 0 Å². The minimum absolute atomic E-state index is 0.137. The fourth-order valence-electron chi connectivity index (χ4n) is 7.32. The number of para-hydroxylation sites is 4. The minimum atomic E-state index is -0.278. The Hall–Kier alpha value is -6.46. The number of pyridine rings is 1. The second-order valence-electron chi connectivity index (χ2n) is 16.2. The standard InChI is InChI=1S/C50H46N4O/c1-49(2,3)36-31-42(47(55)43(32-36)50(4,5)6)48-52-46-41(26-17-27-45(46)54(48)39-24-14-9-15-25-39)34-18-16-19-35(30-34)44-33-40(28-29-51-44)53(37-20-10-7-11-21-37)38-22-12-8-13-23-38/h7-33,55H,1-6H3. The van der Waals surface area contributed by atoms with Crippen LogP contribution in [0.4, 0.5) is 17.1 Å². The van der Waals surface area contributed by atoms with E-state index in [2.05, 4.69) is 178 Å². The Morgan fingerprint density at radius 1 is 0.545 bits per heavy atom. The zero-order valence-corrected chi connectivity index (χ0v) is 32.3. The van der Waals surface area contributed by atoms with Crippen molar-refractivity contribution in [2.75, 3.05) is 4.90 Å². The summed E-state index contributed by atoms with van der Waals surface area (Å²) in [4.78, 5) is 12.5. The van der Waals surface area contributed by atoms with Crippen molar-refractivity contribution in [3.8, 4) is 45.2 Å². The average Bonchev–Trinajstić information content (AvgIpc) is 3.58. The molecule has 272 valence electrons. The van der Waals surface area contributed by atoms with Gasteiger partial charge in [0.1, 0.15) is 11.6 Å². The number of nitrogens with zero attached hydrogens (tertiary/aromatic N) is 4. The molecule has 0 amide bonds. The van der Waals surface area contributed by atoms with Crippen molar-refractivity contribution in [1.82, 2.24) is 14.5 Å². The Labute approximate surface area is 324 Å². The van der Waals surface area contributed by atoms with Crippen molar-refractivity contribution in [2.45, 2.75) is 52.4 Å². The highest BCUT2D eigenvalue weighted by atomic mass is 16.3. The third kappa shape index (κ3) is 6.90. The van der Waals surface area contributed by atoms with Gasteiger partial charge in [0.2, 0.25) is 0 Å². The quantitative estimate of drug-likeness (QED) is 0.178. The van der Waals surface area contributed by atoms with Gasteiger partial charge in [-0.1, -0.05) is 133 Å². The van der Waals surface area contributed by atoms with Gasteiger partial charge in [0.15, 0.2) is 0 Å². The van der Waals surface area contributed by atoms with E-state index in [1.807, 2.05) is 36.5 Å². The van der Waals surface area contributed by atoms with Gasteiger partial charge >= 0.3 is 0 Å². The summed E-state index contributed by atoms with van der Waals surface area (Å²) in [6.45, 7) is 13.1. The number of imidazole rings is 1. The second-order valence-corrected chi connectivity index (χ2v) is 16.2. The monoisotopic (exact) mass is 718 g/mol. The highest BCUT2D eigenvalue weighted by molar-refractivity contribution is 5.96. The fraction of sp³-hybridized carbons (Fsp3) is 0.160. The van der Waals surface area contributed by atoms with Crippen LogP contribution < -0.4 is 4.90 Å². The van der Waals surface area contributed by atoms with Gasteiger partial charge in [-0.3, -0.25) is 9.55 Å². The van der Waals surface area contributed by atoms with Crippen LogP contribution in [0, 0.1) is 0 Å². The molecule has 1 N–H and O–H groups in total. The first kappa shape index (κ1) is 35.6. The zero-order valence-electron chi connectivity index (χ0n) is 32.3. The normalized spacial score (nSPS) is 11.9. The van der Waals surface area contributed by atoms with Crippen molar-refractivity contribution in [2.24, 2.45) is 0 Å². The molecule has 0 spiro atoms. The number of phenols is 1.